The van der Waals surface area contributed by atoms with Crippen LogP contribution in [0.4, 0.5) is 5.82 Å². The predicted molar refractivity (Wildman–Crippen MR) is 124 cm³/mol. The highest BCUT2D eigenvalue weighted by Crippen LogP contribution is 2.24. The van der Waals surface area contributed by atoms with Crippen LogP contribution in [0, 0.1) is 6.92 Å². The molecule has 0 amide bonds. The number of nitrogens with one attached hydrogen (secondary N) is 1. The van der Waals surface area contributed by atoms with E-state index in [9.17, 15) is 0 Å². The lowest BCUT2D eigenvalue weighted by Gasteiger charge is -2.33. The lowest BCUT2D eigenvalue weighted by Crippen LogP contribution is -2.44. The highest BCUT2D eigenvalue weighted by molar-refractivity contribution is 5.86. The van der Waals surface area contributed by atoms with E-state index in [1.54, 1.807) is 0 Å². The lowest BCUT2D eigenvalue weighted by atomic mass is 10.1. The standard InChI is InChI=1S/C24H35N5/c1-19-17-24(29-15-13-28(3)14-16-29)26-23-7-6-20(18-22(19)23)5-4-10-25-21-8-11-27(2)12-9-21/h4-7,17-18,21,25H,8-16H2,1-3H3/b5-4+. The number of fused-ring (bicyclic) bond motifs is 1. The molecule has 0 aliphatic carbocycles. The third-order valence-corrected chi connectivity index (χ3v) is 6.41. The number of aromatic nitrogens is 1. The predicted octanol–water partition coefficient (Wildman–Crippen LogP) is 2.99. The van der Waals surface area contributed by atoms with E-state index in [1.165, 1.54) is 42.4 Å². The summed E-state index contributed by atoms with van der Waals surface area (Å²) in [7, 11) is 4.40. The smallest absolute Gasteiger partial charge is 0.129 e. The Bertz CT molecular complexity index is 846. The molecular weight excluding hydrogens is 358 g/mol. The van der Waals surface area contributed by atoms with Crippen molar-refractivity contribution in [2.24, 2.45) is 0 Å². The summed E-state index contributed by atoms with van der Waals surface area (Å²) in [5, 5.41) is 4.93. The second kappa shape index (κ2) is 9.24. The van der Waals surface area contributed by atoms with Crippen LogP contribution >= 0.6 is 0 Å². The van der Waals surface area contributed by atoms with Crippen LogP contribution in [0.3, 0.4) is 0 Å². The quantitative estimate of drug-likeness (QED) is 0.845. The molecule has 1 aromatic heterocycles. The number of pyridine rings is 1. The van der Waals surface area contributed by atoms with Crippen molar-refractivity contribution in [3.63, 3.8) is 0 Å². The minimum atomic E-state index is 0.659. The Morgan fingerprint density at radius 2 is 1.72 bits per heavy atom. The maximum Gasteiger partial charge on any atom is 0.129 e. The minimum Gasteiger partial charge on any atom is -0.354 e. The van der Waals surface area contributed by atoms with Gasteiger partial charge in [-0.3, -0.25) is 0 Å². The van der Waals surface area contributed by atoms with Gasteiger partial charge in [-0.15, -0.1) is 0 Å². The Labute approximate surface area is 175 Å². The highest BCUT2D eigenvalue weighted by Gasteiger charge is 2.17. The molecule has 0 saturated carbocycles. The van der Waals surface area contributed by atoms with Crippen LogP contribution in [-0.4, -0.2) is 80.7 Å². The molecule has 0 unspecified atom stereocenters. The van der Waals surface area contributed by atoms with Crippen molar-refractivity contribution in [3.8, 4) is 0 Å². The summed E-state index contributed by atoms with van der Waals surface area (Å²) < 4.78 is 0. The van der Waals surface area contributed by atoms with Crippen molar-refractivity contribution in [2.45, 2.75) is 25.8 Å². The number of hydrogen-bond donors (Lipinski definition) is 1. The SMILES string of the molecule is Cc1cc(N2CCN(C)CC2)nc2ccc(/C=C/CNC3CCN(C)CC3)cc12. The summed E-state index contributed by atoms with van der Waals surface area (Å²) in [6.07, 6.45) is 6.98. The van der Waals surface area contributed by atoms with E-state index in [4.69, 9.17) is 4.98 Å². The fraction of sp³-hybridized carbons (Fsp3) is 0.542. The van der Waals surface area contributed by atoms with Crippen molar-refractivity contribution >= 4 is 22.8 Å². The molecule has 2 aliphatic rings. The summed E-state index contributed by atoms with van der Waals surface area (Å²) >= 11 is 0. The number of piperazine rings is 1. The molecular formula is C24H35N5. The maximum absolute atomic E-state index is 4.96. The monoisotopic (exact) mass is 393 g/mol. The van der Waals surface area contributed by atoms with E-state index in [0.29, 0.717) is 6.04 Å². The number of benzene rings is 1. The largest absolute Gasteiger partial charge is 0.354 e. The minimum absolute atomic E-state index is 0.659. The van der Waals surface area contributed by atoms with E-state index >= 15 is 0 Å². The van der Waals surface area contributed by atoms with Gasteiger partial charge in [0.25, 0.3) is 0 Å². The van der Waals surface area contributed by atoms with E-state index in [0.717, 1.165) is 44.1 Å². The number of likely N-dealkylation sites (N-methyl/N-ethyl adjacent to an activating group) is 1. The third-order valence-electron chi connectivity index (χ3n) is 6.41. The molecule has 3 heterocycles. The third kappa shape index (κ3) is 5.16. The van der Waals surface area contributed by atoms with Crippen LogP contribution in [0.25, 0.3) is 17.0 Å². The fourth-order valence-electron chi connectivity index (χ4n) is 4.34. The molecule has 156 valence electrons. The second-order valence-electron chi connectivity index (χ2n) is 8.75. The molecule has 2 aromatic rings. The molecule has 2 aliphatic heterocycles. The van der Waals surface area contributed by atoms with Gasteiger partial charge < -0.3 is 20.0 Å². The zero-order valence-corrected chi connectivity index (χ0v) is 18.2. The molecule has 0 spiro atoms. The van der Waals surface area contributed by atoms with Gasteiger partial charge in [0.15, 0.2) is 0 Å². The number of nitrogens with zero attached hydrogens (tertiary/aromatic N) is 4. The van der Waals surface area contributed by atoms with E-state index < -0.39 is 0 Å². The molecule has 0 atom stereocenters. The fourth-order valence-corrected chi connectivity index (χ4v) is 4.34. The van der Waals surface area contributed by atoms with Gasteiger partial charge in [-0.25, -0.2) is 4.98 Å². The van der Waals surface area contributed by atoms with Crippen molar-refractivity contribution in [3.05, 3.63) is 41.5 Å². The molecule has 2 fully saturated rings. The first kappa shape index (κ1) is 20.3. The number of aryl methyl sites for hydroxylation is 1. The first-order chi connectivity index (χ1) is 14.1. The van der Waals surface area contributed by atoms with Crippen LogP contribution in [0.15, 0.2) is 30.3 Å². The van der Waals surface area contributed by atoms with E-state index in [-0.39, 0.29) is 0 Å². The van der Waals surface area contributed by atoms with Crippen LogP contribution in [0.1, 0.15) is 24.0 Å². The number of piperidine rings is 1. The van der Waals surface area contributed by atoms with Crippen LogP contribution in [0.5, 0.6) is 0 Å². The summed E-state index contributed by atoms with van der Waals surface area (Å²) in [6, 6.07) is 9.55. The van der Waals surface area contributed by atoms with Gasteiger partial charge in [-0.1, -0.05) is 18.2 Å². The summed E-state index contributed by atoms with van der Waals surface area (Å²) in [5.41, 5.74) is 3.66. The number of rotatable bonds is 5. The van der Waals surface area contributed by atoms with Gasteiger partial charge in [0.2, 0.25) is 0 Å². The molecule has 1 aromatic carbocycles. The van der Waals surface area contributed by atoms with Crippen molar-refractivity contribution in [1.29, 1.82) is 0 Å². The topological polar surface area (TPSA) is 34.6 Å². The van der Waals surface area contributed by atoms with Gasteiger partial charge in [0.1, 0.15) is 5.82 Å². The number of hydrogen-bond acceptors (Lipinski definition) is 5. The molecule has 1 N–H and O–H groups in total. The van der Waals surface area contributed by atoms with Gasteiger partial charge in [-0.2, -0.15) is 0 Å². The normalized spacial score (nSPS) is 20.2. The zero-order chi connectivity index (χ0) is 20.2. The molecule has 0 radical (unpaired) electrons. The van der Waals surface area contributed by atoms with E-state index in [2.05, 4.69) is 77.5 Å². The van der Waals surface area contributed by atoms with Crippen LogP contribution in [0.2, 0.25) is 0 Å². The van der Waals surface area contributed by atoms with Crippen LogP contribution in [-0.2, 0) is 0 Å². The zero-order valence-electron chi connectivity index (χ0n) is 18.2. The Balaban J connectivity index is 1.40. The summed E-state index contributed by atoms with van der Waals surface area (Å²) in [5.74, 6) is 1.12. The van der Waals surface area contributed by atoms with Crippen molar-refractivity contribution in [1.82, 2.24) is 20.1 Å². The van der Waals surface area contributed by atoms with Gasteiger partial charge in [0, 0.05) is 44.2 Å². The Morgan fingerprint density at radius 1 is 1.00 bits per heavy atom. The average Bonchev–Trinajstić information content (AvgIpc) is 2.73. The Hall–Kier alpha value is -1.95. The molecule has 5 heteroatoms. The number of anilines is 1. The second-order valence-corrected chi connectivity index (χ2v) is 8.75. The van der Waals surface area contributed by atoms with E-state index in [1.807, 2.05) is 0 Å². The first-order valence-corrected chi connectivity index (χ1v) is 11.0. The lowest BCUT2D eigenvalue weighted by molar-refractivity contribution is 0.238. The van der Waals surface area contributed by atoms with Gasteiger partial charge in [0.05, 0.1) is 5.52 Å². The molecule has 0 bridgehead atoms. The van der Waals surface area contributed by atoms with Gasteiger partial charge >= 0.3 is 0 Å². The Morgan fingerprint density at radius 3 is 2.48 bits per heavy atom. The van der Waals surface area contributed by atoms with Gasteiger partial charge in [-0.05, 0) is 76.3 Å². The summed E-state index contributed by atoms with van der Waals surface area (Å²) in [4.78, 5) is 12.2. The molecule has 5 nitrogen and oxygen atoms in total. The highest BCUT2D eigenvalue weighted by atomic mass is 15.3. The molecule has 29 heavy (non-hydrogen) atoms. The first-order valence-electron chi connectivity index (χ1n) is 11.0. The van der Waals surface area contributed by atoms with Crippen molar-refractivity contribution in [2.75, 3.05) is 64.8 Å². The molecule has 2 saturated heterocycles. The Kier molecular flexibility index (Phi) is 6.48. The van der Waals surface area contributed by atoms with Crippen molar-refractivity contribution < 1.29 is 0 Å². The average molecular weight is 394 g/mol. The number of likely N-dealkylation sites (tertiary alicyclic amines) is 1. The maximum atomic E-state index is 4.96. The van der Waals surface area contributed by atoms with Crippen LogP contribution < -0.4 is 10.2 Å². The molecule has 4 rings (SSSR count). The summed E-state index contributed by atoms with van der Waals surface area (Å²) in [6.45, 7) is 9.87.